The summed E-state index contributed by atoms with van der Waals surface area (Å²) >= 11 is 1.73. The summed E-state index contributed by atoms with van der Waals surface area (Å²) in [5.41, 5.74) is 1.05. The van der Waals surface area contributed by atoms with E-state index in [4.69, 9.17) is 0 Å². The summed E-state index contributed by atoms with van der Waals surface area (Å²) in [6.45, 7) is 0. The Hall–Kier alpha value is -0.940. The maximum absolute atomic E-state index is 9.20. The van der Waals surface area contributed by atoms with E-state index in [0.29, 0.717) is 0 Å². The third-order valence-corrected chi connectivity index (χ3v) is 3.77. The average molecular weight is 203 g/mol. The topological polar surface area (TPSA) is 23.8 Å². The summed E-state index contributed by atoms with van der Waals surface area (Å²) in [7, 11) is 0. The van der Waals surface area contributed by atoms with Crippen molar-refractivity contribution >= 4 is 11.8 Å². The highest BCUT2D eigenvalue weighted by Gasteiger charge is 2.38. The quantitative estimate of drug-likeness (QED) is 0.688. The molecule has 0 unspecified atom stereocenters. The maximum Gasteiger partial charge on any atom is 0.0822 e. The number of nitrogens with zero attached hydrogens (tertiary/aromatic N) is 1. The Bertz CT molecular complexity index is 374. The van der Waals surface area contributed by atoms with Crippen LogP contribution in [0.1, 0.15) is 24.8 Å². The molecule has 0 aromatic heterocycles. The van der Waals surface area contributed by atoms with Gasteiger partial charge < -0.3 is 0 Å². The summed E-state index contributed by atoms with van der Waals surface area (Å²) in [6, 6.07) is 10.9. The molecule has 0 aliphatic heterocycles. The molecule has 0 N–H and O–H groups in total. The van der Waals surface area contributed by atoms with Gasteiger partial charge in [0.05, 0.1) is 11.5 Å². The van der Waals surface area contributed by atoms with Crippen LogP contribution in [0.5, 0.6) is 0 Å². The molecular weight excluding hydrogens is 190 g/mol. The highest BCUT2D eigenvalue weighted by molar-refractivity contribution is 7.98. The van der Waals surface area contributed by atoms with E-state index >= 15 is 0 Å². The summed E-state index contributed by atoms with van der Waals surface area (Å²) in [5.74, 6) is 0. The fourth-order valence-corrected chi connectivity index (χ4v) is 2.38. The van der Waals surface area contributed by atoms with Gasteiger partial charge in [-0.2, -0.15) is 5.26 Å². The van der Waals surface area contributed by atoms with E-state index in [1.807, 2.05) is 0 Å². The fourth-order valence-electron chi connectivity index (χ4n) is 1.92. The zero-order valence-electron chi connectivity index (χ0n) is 8.29. The number of nitriles is 1. The minimum atomic E-state index is -0.161. The average Bonchev–Trinajstić information content (AvgIpc) is 2.18. The molecule has 2 heteroatoms. The van der Waals surface area contributed by atoms with E-state index in [1.165, 1.54) is 16.9 Å². The molecule has 0 heterocycles. The lowest BCUT2D eigenvalue weighted by Crippen LogP contribution is -2.32. The van der Waals surface area contributed by atoms with Crippen molar-refractivity contribution in [3.63, 3.8) is 0 Å². The van der Waals surface area contributed by atoms with E-state index in [2.05, 4.69) is 36.6 Å². The van der Waals surface area contributed by atoms with Crippen molar-refractivity contribution in [2.24, 2.45) is 0 Å². The zero-order valence-corrected chi connectivity index (χ0v) is 9.10. The molecule has 0 spiro atoms. The minimum absolute atomic E-state index is 0.161. The van der Waals surface area contributed by atoms with Crippen LogP contribution >= 0.6 is 11.8 Å². The number of hydrogen-bond acceptors (Lipinski definition) is 2. The normalized spacial score (nSPS) is 18.3. The standard InChI is InChI=1S/C12H13NS/c1-14-11-5-2-4-10(8-11)12(9-13)6-3-7-12/h2,4-5,8H,3,6-7H2,1H3. The van der Waals surface area contributed by atoms with Gasteiger partial charge in [0.2, 0.25) is 0 Å². The van der Waals surface area contributed by atoms with E-state index < -0.39 is 0 Å². The van der Waals surface area contributed by atoms with Crippen LogP contribution in [0.2, 0.25) is 0 Å². The number of rotatable bonds is 2. The molecule has 1 saturated carbocycles. The first-order chi connectivity index (χ1) is 6.80. The van der Waals surface area contributed by atoms with Crippen molar-refractivity contribution in [2.45, 2.75) is 29.6 Å². The second-order valence-electron chi connectivity index (χ2n) is 3.78. The van der Waals surface area contributed by atoms with Crippen molar-refractivity contribution < 1.29 is 0 Å². The highest BCUT2D eigenvalue weighted by Crippen LogP contribution is 2.43. The molecule has 0 bridgehead atoms. The van der Waals surface area contributed by atoms with Crippen LogP contribution in [-0.2, 0) is 5.41 Å². The van der Waals surface area contributed by atoms with Gasteiger partial charge in [0, 0.05) is 4.90 Å². The van der Waals surface area contributed by atoms with Crippen molar-refractivity contribution in [1.29, 1.82) is 5.26 Å². The highest BCUT2D eigenvalue weighted by atomic mass is 32.2. The number of hydrogen-bond donors (Lipinski definition) is 0. The largest absolute Gasteiger partial charge is 0.197 e. The molecule has 1 aromatic carbocycles. The summed E-state index contributed by atoms with van der Waals surface area (Å²) in [5, 5.41) is 9.20. The van der Waals surface area contributed by atoms with Crippen LogP contribution in [0, 0.1) is 11.3 Å². The lowest BCUT2D eigenvalue weighted by molar-refractivity contribution is 0.323. The molecule has 1 fully saturated rings. The molecule has 1 aliphatic rings. The second-order valence-corrected chi connectivity index (χ2v) is 4.66. The first-order valence-electron chi connectivity index (χ1n) is 4.86. The van der Waals surface area contributed by atoms with Gasteiger partial charge in [-0.25, -0.2) is 0 Å². The summed E-state index contributed by atoms with van der Waals surface area (Å²) in [6.07, 6.45) is 5.32. The molecular formula is C12H13NS. The van der Waals surface area contributed by atoms with Gasteiger partial charge >= 0.3 is 0 Å². The Labute approximate surface area is 89.1 Å². The van der Waals surface area contributed by atoms with E-state index in [-0.39, 0.29) is 5.41 Å². The first-order valence-corrected chi connectivity index (χ1v) is 6.09. The molecule has 1 nitrogen and oxygen atoms in total. The van der Waals surface area contributed by atoms with Gasteiger partial charge in [-0.1, -0.05) is 12.1 Å². The van der Waals surface area contributed by atoms with Gasteiger partial charge in [0.1, 0.15) is 0 Å². The number of benzene rings is 1. The molecule has 2 rings (SSSR count). The van der Waals surface area contributed by atoms with E-state index in [9.17, 15) is 5.26 Å². The lowest BCUT2D eigenvalue weighted by atomic mass is 9.66. The molecule has 72 valence electrons. The van der Waals surface area contributed by atoms with Crippen LogP contribution < -0.4 is 0 Å². The monoisotopic (exact) mass is 203 g/mol. The Balaban J connectivity index is 2.36. The molecule has 0 atom stereocenters. The van der Waals surface area contributed by atoms with Gasteiger partial charge in [-0.15, -0.1) is 11.8 Å². The van der Waals surface area contributed by atoms with Crippen molar-refractivity contribution in [2.75, 3.05) is 6.26 Å². The molecule has 1 aliphatic carbocycles. The second kappa shape index (κ2) is 3.67. The molecule has 0 saturated heterocycles. The Morgan fingerprint density at radius 1 is 1.43 bits per heavy atom. The fraction of sp³-hybridized carbons (Fsp3) is 0.417. The van der Waals surface area contributed by atoms with Gasteiger partial charge in [0.15, 0.2) is 0 Å². The van der Waals surface area contributed by atoms with E-state index in [0.717, 1.165) is 12.8 Å². The van der Waals surface area contributed by atoms with Crippen LogP contribution in [-0.4, -0.2) is 6.26 Å². The Kier molecular flexibility index (Phi) is 2.52. The van der Waals surface area contributed by atoms with Crippen LogP contribution in [0.25, 0.3) is 0 Å². The predicted molar refractivity (Wildman–Crippen MR) is 59.4 cm³/mol. The van der Waals surface area contributed by atoms with Crippen LogP contribution in [0.3, 0.4) is 0 Å². The van der Waals surface area contributed by atoms with Crippen LogP contribution in [0.4, 0.5) is 0 Å². The zero-order chi connectivity index (χ0) is 10.0. The number of thioether (sulfide) groups is 1. The SMILES string of the molecule is CSc1cccc(C2(C#N)CCC2)c1. The van der Waals surface area contributed by atoms with Gasteiger partial charge in [0.25, 0.3) is 0 Å². The van der Waals surface area contributed by atoms with Crippen molar-refractivity contribution in [3.8, 4) is 6.07 Å². The summed E-state index contributed by atoms with van der Waals surface area (Å²) < 4.78 is 0. The summed E-state index contributed by atoms with van der Waals surface area (Å²) in [4.78, 5) is 1.25. The third kappa shape index (κ3) is 1.42. The molecule has 0 amide bonds. The Morgan fingerprint density at radius 3 is 2.71 bits per heavy atom. The van der Waals surface area contributed by atoms with Gasteiger partial charge in [-0.05, 0) is 43.2 Å². The Morgan fingerprint density at radius 2 is 2.21 bits per heavy atom. The lowest BCUT2D eigenvalue weighted by Gasteiger charge is -2.35. The van der Waals surface area contributed by atoms with Gasteiger partial charge in [-0.3, -0.25) is 0 Å². The minimum Gasteiger partial charge on any atom is -0.197 e. The van der Waals surface area contributed by atoms with Crippen LogP contribution in [0.15, 0.2) is 29.2 Å². The predicted octanol–water partition coefficient (Wildman–Crippen LogP) is 3.35. The third-order valence-electron chi connectivity index (χ3n) is 3.04. The molecule has 1 aromatic rings. The maximum atomic E-state index is 9.20. The van der Waals surface area contributed by atoms with E-state index in [1.54, 1.807) is 11.8 Å². The first kappa shape index (κ1) is 9.61. The smallest absolute Gasteiger partial charge is 0.0822 e. The molecule has 14 heavy (non-hydrogen) atoms. The van der Waals surface area contributed by atoms with Crippen molar-refractivity contribution in [1.82, 2.24) is 0 Å². The van der Waals surface area contributed by atoms with Crippen molar-refractivity contribution in [3.05, 3.63) is 29.8 Å². The molecule has 0 radical (unpaired) electrons.